The summed E-state index contributed by atoms with van der Waals surface area (Å²) in [5.41, 5.74) is 0. The van der Waals surface area contributed by atoms with Gasteiger partial charge in [-0.15, -0.1) is 0 Å². The van der Waals surface area contributed by atoms with Crippen molar-refractivity contribution in [3.63, 3.8) is 0 Å². The molecule has 2 N–H and O–H groups in total. The van der Waals surface area contributed by atoms with Gasteiger partial charge in [-0.1, -0.05) is 0 Å². The van der Waals surface area contributed by atoms with Crippen molar-refractivity contribution in [2.75, 3.05) is 12.0 Å². The fraction of sp³-hybridized carbons (Fsp3) is 0.500. The van der Waals surface area contributed by atoms with Gasteiger partial charge < -0.3 is 5.11 Å². The predicted octanol–water partition coefficient (Wildman–Crippen LogP) is 0.144. The van der Waals surface area contributed by atoms with Gasteiger partial charge in [0.1, 0.15) is 0 Å². The third kappa shape index (κ3) is 5.16. The molecule has 4 nitrogen and oxygen atoms in total. The van der Waals surface area contributed by atoms with Crippen molar-refractivity contribution in [1.82, 2.24) is 5.32 Å². The number of amides is 2. The van der Waals surface area contributed by atoms with Crippen LogP contribution in [0.25, 0.3) is 0 Å². The number of hydrogen-bond donors (Lipinski definition) is 2. The molecule has 0 bridgehead atoms. The largest absolute Gasteiger partial charge is 0.465 e. The summed E-state index contributed by atoms with van der Waals surface area (Å²) in [6, 6.07) is 0. The van der Waals surface area contributed by atoms with Crippen LogP contribution in [0.2, 0.25) is 0 Å². The minimum absolute atomic E-state index is 0.187. The number of thioether (sulfide) groups is 1. The summed E-state index contributed by atoms with van der Waals surface area (Å²) in [4.78, 5) is 20.1. The monoisotopic (exact) mass is 149 g/mol. The van der Waals surface area contributed by atoms with Crippen molar-refractivity contribution in [1.29, 1.82) is 0 Å². The first-order valence-corrected chi connectivity index (χ1v) is 3.58. The summed E-state index contributed by atoms with van der Waals surface area (Å²) >= 11 is 1.28. The molecule has 5 heteroatoms. The van der Waals surface area contributed by atoms with Gasteiger partial charge in [-0.25, -0.2) is 4.79 Å². The second-order valence-electron chi connectivity index (χ2n) is 1.29. The summed E-state index contributed by atoms with van der Waals surface area (Å²) in [5, 5.41) is 9.67. The van der Waals surface area contributed by atoms with Crippen molar-refractivity contribution in [3.05, 3.63) is 0 Å². The molecule has 0 unspecified atom stereocenters. The zero-order valence-corrected chi connectivity index (χ0v) is 5.70. The highest BCUT2D eigenvalue weighted by Gasteiger charge is 2.01. The standard InChI is InChI=1S/C4H7NO3S/c1-9-2-3(6)5-4(7)8/h2H2,1H3,(H,5,6)(H,7,8). The molecule has 0 saturated heterocycles. The normalized spacial score (nSPS) is 8.56. The lowest BCUT2D eigenvalue weighted by Crippen LogP contribution is -2.29. The van der Waals surface area contributed by atoms with E-state index in [4.69, 9.17) is 5.11 Å². The lowest BCUT2D eigenvalue weighted by molar-refractivity contribution is -0.117. The van der Waals surface area contributed by atoms with Gasteiger partial charge in [0.2, 0.25) is 5.91 Å². The van der Waals surface area contributed by atoms with E-state index in [9.17, 15) is 9.59 Å². The molecule has 0 radical (unpaired) electrons. The van der Waals surface area contributed by atoms with Gasteiger partial charge in [0.05, 0.1) is 5.75 Å². The molecule has 0 atom stereocenters. The molecule has 0 fully saturated rings. The van der Waals surface area contributed by atoms with Crippen LogP contribution in [0, 0.1) is 0 Å². The number of carbonyl (C=O) groups excluding carboxylic acids is 1. The second-order valence-corrected chi connectivity index (χ2v) is 2.15. The van der Waals surface area contributed by atoms with Gasteiger partial charge >= 0.3 is 6.09 Å². The Balaban J connectivity index is 3.39. The molecule has 0 aliphatic rings. The highest BCUT2D eigenvalue weighted by Crippen LogP contribution is 1.88. The van der Waals surface area contributed by atoms with Crippen LogP contribution in [0.15, 0.2) is 0 Å². The molecule has 52 valence electrons. The van der Waals surface area contributed by atoms with Crippen LogP contribution in [0.4, 0.5) is 4.79 Å². The first-order chi connectivity index (χ1) is 4.16. The van der Waals surface area contributed by atoms with E-state index in [1.165, 1.54) is 11.8 Å². The maximum absolute atomic E-state index is 10.3. The van der Waals surface area contributed by atoms with Crippen molar-refractivity contribution in [2.45, 2.75) is 0 Å². The Kier molecular flexibility index (Phi) is 3.87. The van der Waals surface area contributed by atoms with Crippen LogP contribution in [-0.2, 0) is 4.79 Å². The molecule has 0 rings (SSSR count). The number of imide groups is 1. The number of carbonyl (C=O) groups is 2. The van der Waals surface area contributed by atoms with Crippen LogP contribution >= 0.6 is 11.8 Å². The molecular formula is C4H7NO3S. The molecule has 0 aromatic rings. The SMILES string of the molecule is CSCC(=O)NC(=O)O. The Labute approximate surface area is 56.6 Å². The lowest BCUT2D eigenvalue weighted by Gasteiger charge is -1.94. The molecule has 9 heavy (non-hydrogen) atoms. The van der Waals surface area contributed by atoms with E-state index in [1.807, 2.05) is 0 Å². The molecule has 0 aliphatic carbocycles. The second kappa shape index (κ2) is 4.20. The van der Waals surface area contributed by atoms with Gasteiger partial charge in [0.25, 0.3) is 0 Å². The van der Waals surface area contributed by atoms with Crippen LogP contribution in [-0.4, -0.2) is 29.1 Å². The Morgan fingerprint density at radius 3 is 2.56 bits per heavy atom. The Morgan fingerprint density at radius 1 is 1.67 bits per heavy atom. The van der Waals surface area contributed by atoms with Crippen LogP contribution in [0.3, 0.4) is 0 Å². The Hall–Kier alpha value is -0.710. The summed E-state index contributed by atoms with van der Waals surface area (Å²) in [6.45, 7) is 0. The molecular weight excluding hydrogens is 142 g/mol. The average molecular weight is 149 g/mol. The minimum Gasteiger partial charge on any atom is -0.465 e. The van der Waals surface area contributed by atoms with Crippen molar-refractivity contribution >= 4 is 23.8 Å². The molecule has 2 amide bonds. The summed E-state index contributed by atoms with van der Waals surface area (Å²) in [7, 11) is 0. The van der Waals surface area contributed by atoms with E-state index >= 15 is 0 Å². The highest BCUT2D eigenvalue weighted by atomic mass is 32.2. The molecule has 0 saturated carbocycles. The van der Waals surface area contributed by atoms with Crippen LogP contribution in [0.5, 0.6) is 0 Å². The summed E-state index contributed by atoms with van der Waals surface area (Å²) in [6.07, 6.45) is 0.426. The smallest absolute Gasteiger partial charge is 0.411 e. The number of nitrogens with one attached hydrogen (secondary N) is 1. The maximum atomic E-state index is 10.3. The zero-order chi connectivity index (χ0) is 7.28. The molecule has 0 aromatic heterocycles. The minimum atomic E-state index is -1.30. The topological polar surface area (TPSA) is 66.4 Å². The third-order valence-corrected chi connectivity index (χ3v) is 1.07. The summed E-state index contributed by atoms with van der Waals surface area (Å²) in [5.74, 6) is -0.290. The van der Waals surface area contributed by atoms with Crippen LogP contribution in [0.1, 0.15) is 0 Å². The average Bonchev–Trinajstić information content (AvgIpc) is 1.63. The summed E-state index contributed by atoms with van der Waals surface area (Å²) < 4.78 is 0. The van der Waals surface area contributed by atoms with Crippen LogP contribution < -0.4 is 5.32 Å². The van der Waals surface area contributed by atoms with Gasteiger partial charge in [-0.05, 0) is 6.26 Å². The predicted molar refractivity (Wildman–Crippen MR) is 34.5 cm³/mol. The lowest BCUT2D eigenvalue weighted by atomic mass is 10.7. The van der Waals surface area contributed by atoms with Crippen molar-refractivity contribution < 1.29 is 14.7 Å². The number of hydrogen-bond acceptors (Lipinski definition) is 3. The van der Waals surface area contributed by atoms with Gasteiger partial charge in [-0.3, -0.25) is 10.1 Å². The van der Waals surface area contributed by atoms with E-state index in [2.05, 4.69) is 0 Å². The Morgan fingerprint density at radius 2 is 2.22 bits per heavy atom. The number of carboxylic acid groups (broad SMARTS) is 1. The van der Waals surface area contributed by atoms with Crippen molar-refractivity contribution in [3.8, 4) is 0 Å². The van der Waals surface area contributed by atoms with Gasteiger partial charge in [-0.2, -0.15) is 11.8 Å². The van der Waals surface area contributed by atoms with Crippen molar-refractivity contribution in [2.24, 2.45) is 0 Å². The molecule has 0 aliphatic heterocycles. The van der Waals surface area contributed by atoms with E-state index < -0.39 is 12.0 Å². The van der Waals surface area contributed by atoms with E-state index in [0.29, 0.717) is 0 Å². The fourth-order valence-corrected chi connectivity index (χ4v) is 0.621. The number of rotatable bonds is 2. The van der Waals surface area contributed by atoms with E-state index in [-0.39, 0.29) is 5.75 Å². The quantitative estimate of drug-likeness (QED) is 0.586. The highest BCUT2D eigenvalue weighted by molar-refractivity contribution is 7.99. The van der Waals surface area contributed by atoms with E-state index in [1.54, 1.807) is 11.6 Å². The van der Waals surface area contributed by atoms with E-state index in [0.717, 1.165) is 0 Å². The first-order valence-electron chi connectivity index (χ1n) is 2.18. The molecule has 0 aromatic carbocycles. The Bertz CT molecular complexity index is 125. The maximum Gasteiger partial charge on any atom is 0.411 e. The van der Waals surface area contributed by atoms with Gasteiger partial charge in [0.15, 0.2) is 0 Å². The zero-order valence-electron chi connectivity index (χ0n) is 4.88. The first kappa shape index (κ1) is 8.29. The van der Waals surface area contributed by atoms with Gasteiger partial charge in [0, 0.05) is 0 Å². The fourth-order valence-electron chi connectivity index (χ4n) is 0.286. The molecule has 0 heterocycles. The third-order valence-electron chi connectivity index (χ3n) is 0.522. The molecule has 0 spiro atoms.